The first-order chi connectivity index (χ1) is 5.54. The van der Waals surface area contributed by atoms with E-state index in [0.717, 1.165) is 23.7 Å². The van der Waals surface area contributed by atoms with Gasteiger partial charge in [0.05, 0.1) is 0 Å². The van der Waals surface area contributed by atoms with Crippen LogP contribution in [0.15, 0.2) is 12.2 Å². The van der Waals surface area contributed by atoms with Crippen molar-refractivity contribution in [3.05, 3.63) is 12.2 Å². The second-order valence-corrected chi connectivity index (χ2v) is 4.87. The molecule has 0 N–H and O–H groups in total. The molecule has 2 atom stereocenters. The average molecular weight is 166 g/mol. The van der Waals surface area contributed by atoms with E-state index in [1.165, 1.54) is 18.4 Å². The van der Waals surface area contributed by atoms with E-state index in [1.807, 2.05) is 0 Å². The highest BCUT2D eigenvalue weighted by Gasteiger charge is 2.33. The summed E-state index contributed by atoms with van der Waals surface area (Å²) >= 11 is 0. The average Bonchev–Trinajstić information content (AvgIpc) is 2.30. The van der Waals surface area contributed by atoms with Crippen LogP contribution in [0.5, 0.6) is 0 Å². The van der Waals surface area contributed by atoms with E-state index in [-0.39, 0.29) is 0 Å². The molecule has 1 saturated carbocycles. The van der Waals surface area contributed by atoms with Gasteiger partial charge in [-0.1, -0.05) is 39.8 Å². The lowest BCUT2D eigenvalue weighted by Crippen LogP contribution is -2.19. The Morgan fingerprint density at radius 3 is 2.08 bits per heavy atom. The third-order valence-corrected chi connectivity index (χ3v) is 3.31. The van der Waals surface area contributed by atoms with Gasteiger partial charge < -0.3 is 0 Å². The minimum atomic E-state index is 0.785. The molecule has 0 aliphatic heterocycles. The molecule has 0 aromatic heterocycles. The predicted octanol–water partition coefficient (Wildman–Crippen LogP) is 3.88. The highest BCUT2D eigenvalue weighted by atomic mass is 14.4. The minimum Gasteiger partial charge on any atom is -0.0996 e. The Bertz CT molecular complexity index is 165. The van der Waals surface area contributed by atoms with E-state index in [0.29, 0.717) is 0 Å². The van der Waals surface area contributed by atoms with Crippen molar-refractivity contribution in [2.45, 2.75) is 40.5 Å². The van der Waals surface area contributed by atoms with Crippen LogP contribution in [0.25, 0.3) is 0 Å². The van der Waals surface area contributed by atoms with Gasteiger partial charge in [0.15, 0.2) is 0 Å². The lowest BCUT2D eigenvalue weighted by Gasteiger charge is -2.26. The first-order valence-corrected chi connectivity index (χ1v) is 5.21. The number of hydrogen-bond donors (Lipinski definition) is 0. The fourth-order valence-electron chi connectivity index (χ4n) is 2.71. The molecule has 0 aromatic rings. The first kappa shape index (κ1) is 9.83. The van der Waals surface area contributed by atoms with Gasteiger partial charge in [-0.3, -0.25) is 0 Å². The topological polar surface area (TPSA) is 0 Å². The zero-order chi connectivity index (χ0) is 9.30. The molecule has 1 fully saturated rings. The van der Waals surface area contributed by atoms with Crippen LogP contribution in [0.4, 0.5) is 0 Å². The van der Waals surface area contributed by atoms with E-state index in [2.05, 4.69) is 34.3 Å². The fraction of sp³-hybridized carbons (Fsp3) is 0.833. The Hall–Kier alpha value is -0.260. The minimum absolute atomic E-state index is 0.785. The molecule has 1 rings (SSSR count). The Balaban J connectivity index is 2.70. The Morgan fingerprint density at radius 2 is 1.75 bits per heavy atom. The normalized spacial score (nSPS) is 30.7. The second kappa shape index (κ2) is 3.64. The van der Waals surface area contributed by atoms with Gasteiger partial charge in [-0.05, 0) is 36.5 Å². The van der Waals surface area contributed by atoms with Crippen molar-refractivity contribution in [1.82, 2.24) is 0 Å². The van der Waals surface area contributed by atoms with Crippen molar-refractivity contribution in [1.29, 1.82) is 0 Å². The molecule has 12 heavy (non-hydrogen) atoms. The summed E-state index contributed by atoms with van der Waals surface area (Å²) in [5.74, 6) is 3.31. The van der Waals surface area contributed by atoms with E-state index in [1.54, 1.807) is 0 Å². The van der Waals surface area contributed by atoms with E-state index >= 15 is 0 Å². The zero-order valence-corrected chi connectivity index (χ0v) is 8.93. The molecule has 2 unspecified atom stereocenters. The SMILES string of the molecule is C=C1CCC(C(C)C)C1C(C)C. The first-order valence-electron chi connectivity index (χ1n) is 5.21. The Morgan fingerprint density at radius 1 is 1.17 bits per heavy atom. The molecule has 0 heterocycles. The zero-order valence-electron chi connectivity index (χ0n) is 8.93. The maximum absolute atomic E-state index is 4.19. The maximum atomic E-state index is 4.19. The van der Waals surface area contributed by atoms with Crippen LogP contribution in [-0.4, -0.2) is 0 Å². The van der Waals surface area contributed by atoms with Gasteiger partial charge in [0.25, 0.3) is 0 Å². The van der Waals surface area contributed by atoms with Crippen molar-refractivity contribution < 1.29 is 0 Å². The summed E-state index contributed by atoms with van der Waals surface area (Å²) in [5, 5.41) is 0. The van der Waals surface area contributed by atoms with Crippen LogP contribution in [-0.2, 0) is 0 Å². The van der Waals surface area contributed by atoms with Crippen LogP contribution in [0.1, 0.15) is 40.5 Å². The summed E-state index contributed by atoms with van der Waals surface area (Å²) in [7, 11) is 0. The van der Waals surface area contributed by atoms with Crippen LogP contribution in [0.2, 0.25) is 0 Å². The van der Waals surface area contributed by atoms with Crippen molar-refractivity contribution in [3.63, 3.8) is 0 Å². The third kappa shape index (κ3) is 1.73. The molecule has 70 valence electrons. The van der Waals surface area contributed by atoms with Gasteiger partial charge in [-0.2, -0.15) is 0 Å². The summed E-state index contributed by atoms with van der Waals surface area (Å²) in [5.41, 5.74) is 1.50. The largest absolute Gasteiger partial charge is 0.0996 e. The van der Waals surface area contributed by atoms with Gasteiger partial charge in [0.2, 0.25) is 0 Å². The van der Waals surface area contributed by atoms with Crippen molar-refractivity contribution in [2.75, 3.05) is 0 Å². The summed E-state index contributed by atoms with van der Waals surface area (Å²) < 4.78 is 0. The fourth-order valence-corrected chi connectivity index (χ4v) is 2.71. The number of rotatable bonds is 2. The molecule has 0 amide bonds. The summed E-state index contributed by atoms with van der Waals surface area (Å²) in [4.78, 5) is 0. The third-order valence-electron chi connectivity index (χ3n) is 3.31. The molecule has 1 aliphatic carbocycles. The summed E-state index contributed by atoms with van der Waals surface area (Å²) in [6.45, 7) is 13.5. The lowest BCUT2D eigenvalue weighted by atomic mass is 9.78. The van der Waals surface area contributed by atoms with E-state index in [4.69, 9.17) is 0 Å². The van der Waals surface area contributed by atoms with E-state index in [9.17, 15) is 0 Å². The molecular formula is C12H22. The van der Waals surface area contributed by atoms with Gasteiger partial charge >= 0.3 is 0 Å². The summed E-state index contributed by atoms with van der Waals surface area (Å²) in [6.07, 6.45) is 2.64. The number of hydrogen-bond acceptors (Lipinski definition) is 0. The standard InChI is InChI=1S/C12H22/c1-8(2)11-7-6-10(5)12(11)9(3)4/h8-9,11-12H,5-7H2,1-4H3. The Kier molecular flexibility index (Phi) is 2.98. The highest BCUT2D eigenvalue weighted by Crippen LogP contribution is 2.43. The quantitative estimate of drug-likeness (QED) is 0.546. The maximum Gasteiger partial charge on any atom is -0.0152 e. The lowest BCUT2D eigenvalue weighted by molar-refractivity contribution is 0.260. The molecule has 0 heteroatoms. The van der Waals surface area contributed by atoms with Crippen molar-refractivity contribution in [3.8, 4) is 0 Å². The van der Waals surface area contributed by atoms with Crippen LogP contribution in [0.3, 0.4) is 0 Å². The van der Waals surface area contributed by atoms with Gasteiger partial charge in [0.1, 0.15) is 0 Å². The van der Waals surface area contributed by atoms with Crippen LogP contribution < -0.4 is 0 Å². The monoisotopic (exact) mass is 166 g/mol. The molecule has 0 saturated heterocycles. The van der Waals surface area contributed by atoms with Crippen molar-refractivity contribution >= 4 is 0 Å². The molecule has 0 radical (unpaired) electrons. The molecule has 0 bridgehead atoms. The molecule has 0 nitrogen and oxygen atoms in total. The van der Waals surface area contributed by atoms with Crippen LogP contribution in [0, 0.1) is 23.7 Å². The predicted molar refractivity (Wildman–Crippen MR) is 55.0 cm³/mol. The van der Waals surface area contributed by atoms with Gasteiger partial charge in [-0.15, -0.1) is 0 Å². The van der Waals surface area contributed by atoms with Crippen molar-refractivity contribution in [2.24, 2.45) is 23.7 Å². The molecule has 0 spiro atoms. The smallest absolute Gasteiger partial charge is 0.0152 e. The van der Waals surface area contributed by atoms with Gasteiger partial charge in [0, 0.05) is 0 Å². The molecule has 0 aromatic carbocycles. The summed E-state index contributed by atoms with van der Waals surface area (Å²) in [6, 6.07) is 0. The highest BCUT2D eigenvalue weighted by molar-refractivity contribution is 5.10. The van der Waals surface area contributed by atoms with E-state index < -0.39 is 0 Å². The second-order valence-electron chi connectivity index (χ2n) is 4.87. The van der Waals surface area contributed by atoms with Gasteiger partial charge in [-0.25, -0.2) is 0 Å². The van der Waals surface area contributed by atoms with Crippen LogP contribution >= 0.6 is 0 Å². The Labute approximate surface area is 77.1 Å². The molecular weight excluding hydrogens is 144 g/mol. The number of allylic oxidation sites excluding steroid dienone is 1. The molecule has 1 aliphatic rings.